The van der Waals surface area contributed by atoms with Gasteiger partial charge in [-0.25, -0.2) is 4.98 Å². The van der Waals surface area contributed by atoms with Crippen molar-refractivity contribution in [2.75, 3.05) is 0 Å². The minimum Gasteiger partial charge on any atom is -0.392 e. The van der Waals surface area contributed by atoms with Crippen LogP contribution < -0.4 is 0 Å². The molecule has 0 aliphatic heterocycles. The first-order chi connectivity index (χ1) is 8.86. The van der Waals surface area contributed by atoms with E-state index in [1.165, 1.54) is 11.8 Å². The number of hydrogen-bond acceptors (Lipinski definition) is 5. The normalized spacial score (nSPS) is 10.9. The summed E-state index contributed by atoms with van der Waals surface area (Å²) in [4.78, 5) is 5.36. The van der Waals surface area contributed by atoms with Crippen molar-refractivity contribution in [3.63, 3.8) is 0 Å². The summed E-state index contributed by atoms with van der Waals surface area (Å²) in [7, 11) is 0. The fourth-order valence-electron chi connectivity index (χ4n) is 1.58. The Bertz CT molecular complexity index is 665. The summed E-state index contributed by atoms with van der Waals surface area (Å²) in [5.41, 5.74) is 1.64. The molecule has 0 radical (unpaired) electrons. The lowest BCUT2D eigenvalue weighted by Crippen LogP contribution is -1.89. The van der Waals surface area contributed by atoms with Gasteiger partial charge in [-0.15, -0.1) is 10.2 Å². The molecular weight excluding hydrogens is 248 g/mol. The highest BCUT2D eigenvalue weighted by Crippen LogP contribution is 2.28. The average Bonchev–Trinajstić information content (AvgIpc) is 2.89. The van der Waals surface area contributed by atoms with E-state index in [-0.39, 0.29) is 6.61 Å². The van der Waals surface area contributed by atoms with Crippen LogP contribution in [0.4, 0.5) is 0 Å². The molecule has 1 aromatic carbocycles. The highest BCUT2D eigenvalue weighted by atomic mass is 32.2. The largest absolute Gasteiger partial charge is 0.392 e. The summed E-state index contributed by atoms with van der Waals surface area (Å²) < 4.78 is 1.83. The molecular formula is C12H10N4OS. The number of fused-ring (bicyclic) bond motifs is 1. The van der Waals surface area contributed by atoms with Gasteiger partial charge in [0, 0.05) is 17.3 Å². The van der Waals surface area contributed by atoms with E-state index < -0.39 is 0 Å². The molecule has 2 heterocycles. The first kappa shape index (κ1) is 11.2. The van der Waals surface area contributed by atoms with Crippen molar-refractivity contribution in [2.45, 2.75) is 16.5 Å². The van der Waals surface area contributed by atoms with E-state index in [1.54, 1.807) is 12.5 Å². The van der Waals surface area contributed by atoms with Gasteiger partial charge in [0.2, 0.25) is 0 Å². The summed E-state index contributed by atoms with van der Waals surface area (Å²) in [5.74, 6) is 0. The van der Waals surface area contributed by atoms with Crippen molar-refractivity contribution < 1.29 is 5.11 Å². The number of rotatable bonds is 3. The number of aliphatic hydroxyl groups is 1. The number of benzene rings is 1. The predicted octanol–water partition coefficient (Wildman–Crippen LogP) is 1.77. The Labute approximate surface area is 108 Å². The Morgan fingerprint density at radius 3 is 2.83 bits per heavy atom. The molecule has 0 spiro atoms. The van der Waals surface area contributed by atoms with Gasteiger partial charge in [0.25, 0.3) is 0 Å². The third-order valence-corrected chi connectivity index (χ3v) is 3.49. The van der Waals surface area contributed by atoms with E-state index >= 15 is 0 Å². The van der Waals surface area contributed by atoms with Crippen molar-refractivity contribution >= 4 is 17.4 Å². The van der Waals surface area contributed by atoms with Crippen LogP contribution >= 0.6 is 11.8 Å². The second-order valence-corrected chi connectivity index (χ2v) is 4.76. The minimum atomic E-state index is 0.0585. The van der Waals surface area contributed by atoms with Gasteiger partial charge in [-0.1, -0.05) is 23.9 Å². The second-order valence-electron chi connectivity index (χ2n) is 3.70. The molecule has 0 saturated carbocycles. The van der Waals surface area contributed by atoms with E-state index in [4.69, 9.17) is 5.11 Å². The molecule has 2 aromatic heterocycles. The highest BCUT2D eigenvalue weighted by Gasteiger charge is 2.06. The monoisotopic (exact) mass is 258 g/mol. The summed E-state index contributed by atoms with van der Waals surface area (Å²) in [6.07, 6.45) is 5.19. The maximum absolute atomic E-state index is 8.99. The third kappa shape index (κ3) is 2.07. The van der Waals surface area contributed by atoms with Crippen LogP contribution in [0.2, 0.25) is 0 Å². The number of aromatic nitrogens is 4. The molecule has 90 valence electrons. The van der Waals surface area contributed by atoms with E-state index in [0.29, 0.717) is 0 Å². The Kier molecular flexibility index (Phi) is 2.95. The fourth-order valence-corrected chi connectivity index (χ4v) is 2.43. The smallest absolute Gasteiger partial charge is 0.193 e. The van der Waals surface area contributed by atoms with Crippen LogP contribution in [0.3, 0.4) is 0 Å². The Hall–Kier alpha value is -1.92. The molecule has 0 amide bonds. The van der Waals surface area contributed by atoms with Crippen molar-refractivity contribution in [2.24, 2.45) is 0 Å². The van der Waals surface area contributed by atoms with Gasteiger partial charge in [-0.2, -0.15) is 0 Å². The molecule has 0 saturated heterocycles. The van der Waals surface area contributed by atoms with Crippen LogP contribution in [0, 0.1) is 0 Å². The highest BCUT2D eigenvalue weighted by molar-refractivity contribution is 7.99. The maximum atomic E-state index is 8.99. The number of nitrogens with zero attached hydrogens (tertiary/aromatic N) is 4. The quantitative estimate of drug-likeness (QED) is 0.775. The molecule has 3 rings (SSSR count). The van der Waals surface area contributed by atoms with E-state index in [0.717, 1.165) is 21.1 Å². The average molecular weight is 258 g/mol. The van der Waals surface area contributed by atoms with Gasteiger partial charge in [0.15, 0.2) is 5.65 Å². The molecule has 0 bridgehead atoms. The zero-order chi connectivity index (χ0) is 12.4. The molecule has 0 aliphatic carbocycles. The Morgan fingerprint density at radius 1 is 1.22 bits per heavy atom. The Balaban J connectivity index is 1.93. The molecule has 5 nitrogen and oxygen atoms in total. The topological polar surface area (TPSA) is 63.3 Å². The number of aliphatic hydroxyl groups excluding tert-OH is 1. The standard InChI is InChI=1S/C12H10N4OS/c17-7-9-1-3-10(4-2-9)18-12-11-15-14-8-16(11)6-5-13-12/h1-6,8,17H,7H2. The first-order valence-electron chi connectivity index (χ1n) is 5.39. The summed E-state index contributed by atoms with van der Waals surface area (Å²) in [5, 5.41) is 17.7. The number of hydrogen-bond donors (Lipinski definition) is 1. The predicted molar refractivity (Wildman–Crippen MR) is 67.3 cm³/mol. The molecule has 18 heavy (non-hydrogen) atoms. The summed E-state index contributed by atoms with van der Waals surface area (Å²) in [6, 6.07) is 7.70. The van der Waals surface area contributed by atoms with Gasteiger partial charge >= 0.3 is 0 Å². The first-order valence-corrected chi connectivity index (χ1v) is 6.20. The molecule has 6 heteroatoms. The van der Waals surface area contributed by atoms with Crippen molar-refractivity contribution in [3.8, 4) is 0 Å². The second kappa shape index (κ2) is 4.75. The van der Waals surface area contributed by atoms with Gasteiger partial charge in [0.1, 0.15) is 11.4 Å². The molecule has 0 unspecified atom stereocenters. The minimum absolute atomic E-state index is 0.0585. The van der Waals surface area contributed by atoms with Crippen molar-refractivity contribution in [3.05, 3.63) is 48.5 Å². The van der Waals surface area contributed by atoms with Crippen molar-refractivity contribution in [1.29, 1.82) is 0 Å². The van der Waals surface area contributed by atoms with Gasteiger partial charge < -0.3 is 5.11 Å². The fraction of sp³-hybridized carbons (Fsp3) is 0.0833. The van der Waals surface area contributed by atoms with Crippen LogP contribution in [0.15, 0.2) is 52.9 Å². The molecule has 0 fully saturated rings. The zero-order valence-electron chi connectivity index (χ0n) is 9.39. The van der Waals surface area contributed by atoms with Crippen LogP contribution in [0.5, 0.6) is 0 Å². The maximum Gasteiger partial charge on any atom is 0.193 e. The van der Waals surface area contributed by atoms with Crippen LogP contribution in [0.25, 0.3) is 5.65 Å². The zero-order valence-corrected chi connectivity index (χ0v) is 10.2. The van der Waals surface area contributed by atoms with E-state index in [9.17, 15) is 0 Å². The SMILES string of the molecule is OCc1ccc(Sc2nccn3cnnc23)cc1. The molecule has 0 aliphatic rings. The molecule has 1 N–H and O–H groups in total. The van der Waals surface area contributed by atoms with Gasteiger partial charge in [-0.05, 0) is 17.7 Å². The molecule has 0 atom stereocenters. The van der Waals surface area contributed by atoms with E-state index in [2.05, 4.69) is 15.2 Å². The van der Waals surface area contributed by atoms with Crippen LogP contribution in [-0.2, 0) is 6.61 Å². The van der Waals surface area contributed by atoms with E-state index in [1.807, 2.05) is 34.9 Å². The van der Waals surface area contributed by atoms with Gasteiger partial charge in [0.05, 0.1) is 6.61 Å². The van der Waals surface area contributed by atoms with Crippen LogP contribution in [0.1, 0.15) is 5.56 Å². The molecule has 3 aromatic rings. The third-order valence-electron chi connectivity index (χ3n) is 2.50. The van der Waals surface area contributed by atoms with Crippen molar-refractivity contribution in [1.82, 2.24) is 19.6 Å². The lowest BCUT2D eigenvalue weighted by Gasteiger charge is -2.02. The van der Waals surface area contributed by atoms with Crippen LogP contribution in [-0.4, -0.2) is 24.7 Å². The lowest BCUT2D eigenvalue weighted by molar-refractivity contribution is 0.282. The lowest BCUT2D eigenvalue weighted by atomic mass is 10.2. The summed E-state index contributed by atoms with van der Waals surface area (Å²) >= 11 is 1.52. The summed E-state index contributed by atoms with van der Waals surface area (Å²) in [6.45, 7) is 0.0585. The van der Waals surface area contributed by atoms with Gasteiger partial charge in [-0.3, -0.25) is 4.40 Å². The Morgan fingerprint density at radius 2 is 2.06 bits per heavy atom.